The van der Waals surface area contributed by atoms with Gasteiger partial charge in [0.2, 0.25) is 11.1 Å². The van der Waals surface area contributed by atoms with E-state index in [4.69, 9.17) is 27.6 Å². The second-order valence-electron chi connectivity index (χ2n) is 2.07. The Bertz CT molecular complexity index is 357. The van der Waals surface area contributed by atoms with Crippen molar-refractivity contribution in [3.63, 3.8) is 0 Å². The van der Waals surface area contributed by atoms with Crippen LogP contribution in [0.3, 0.4) is 0 Å². The second kappa shape index (κ2) is 3.09. The maximum atomic E-state index is 5.73. The molecule has 0 aromatic carbocycles. The summed E-state index contributed by atoms with van der Waals surface area (Å²) >= 11 is 12.7. The maximum Gasteiger partial charge on any atom is 0.238 e. The average molecular weight is 220 g/mol. The number of hydrogen-bond acceptors (Lipinski definition) is 3. The van der Waals surface area contributed by atoms with E-state index in [1.807, 2.05) is 6.07 Å². The van der Waals surface area contributed by atoms with Crippen molar-refractivity contribution in [1.82, 2.24) is 4.98 Å². The Balaban J connectivity index is 2.43. The summed E-state index contributed by atoms with van der Waals surface area (Å²) in [6, 6.07) is 3.63. The van der Waals surface area contributed by atoms with Gasteiger partial charge in [-0.25, -0.2) is 4.98 Å². The fourth-order valence-electron chi connectivity index (χ4n) is 0.798. The predicted molar refractivity (Wildman–Crippen MR) is 49.8 cm³/mol. The first-order chi connectivity index (χ1) is 5.75. The molecule has 0 aliphatic carbocycles. The molecular weight excluding hydrogens is 217 g/mol. The lowest BCUT2D eigenvalue weighted by Crippen LogP contribution is -1.65. The summed E-state index contributed by atoms with van der Waals surface area (Å²) in [6.45, 7) is 0. The summed E-state index contributed by atoms with van der Waals surface area (Å²) in [5.41, 5.74) is 0. The van der Waals surface area contributed by atoms with Crippen LogP contribution in [0.25, 0.3) is 10.8 Å². The summed E-state index contributed by atoms with van der Waals surface area (Å²) in [6.07, 6.45) is 1.46. The van der Waals surface area contributed by atoms with E-state index >= 15 is 0 Å². The molecule has 0 N–H and O–H groups in total. The third kappa shape index (κ3) is 1.48. The van der Waals surface area contributed by atoms with E-state index in [0.29, 0.717) is 10.2 Å². The zero-order valence-corrected chi connectivity index (χ0v) is 8.08. The van der Waals surface area contributed by atoms with Gasteiger partial charge >= 0.3 is 0 Å². The highest BCUT2D eigenvalue weighted by molar-refractivity contribution is 7.19. The Hall–Kier alpha value is -0.510. The quantitative estimate of drug-likeness (QED) is 0.732. The molecule has 0 amide bonds. The molecule has 0 saturated carbocycles. The normalized spacial score (nSPS) is 10.5. The number of thiophene rings is 1. The molecular formula is C7H3Cl2NOS. The number of nitrogens with zero attached hydrogens (tertiary/aromatic N) is 1. The van der Waals surface area contributed by atoms with Crippen molar-refractivity contribution >= 4 is 34.5 Å². The minimum Gasteiger partial charge on any atom is -0.424 e. The molecule has 0 spiro atoms. The number of hydrogen-bond donors (Lipinski definition) is 0. The SMILES string of the molecule is Clc1cnc(-c2ccc(Cl)s2)o1. The van der Waals surface area contributed by atoms with Crippen LogP contribution in [0.1, 0.15) is 0 Å². The third-order valence-electron chi connectivity index (χ3n) is 1.26. The first-order valence-electron chi connectivity index (χ1n) is 3.13. The lowest BCUT2D eigenvalue weighted by atomic mass is 10.5. The number of aromatic nitrogens is 1. The van der Waals surface area contributed by atoms with Gasteiger partial charge < -0.3 is 4.42 Å². The molecule has 2 rings (SSSR count). The van der Waals surface area contributed by atoms with E-state index in [2.05, 4.69) is 4.98 Å². The fraction of sp³-hybridized carbons (Fsp3) is 0. The van der Waals surface area contributed by atoms with Crippen molar-refractivity contribution in [2.75, 3.05) is 0 Å². The van der Waals surface area contributed by atoms with E-state index in [1.165, 1.54) is 17.5 Å². The largest absolute Gasteiger partial charge is 0.424 e. The zero-order chi connectivity index (χ0) is 8.55. The molecule has 0 aliphatic heterocycles. The van der Waals surface area contributed by atoms with Gasteiger partial charge in [0.1, 0.15) is 0 Å². The van der Waals surface area contributed by atoms with Crippen LogP contribution < -0.4 is 0 Å². The van der Waals surface area contributed by atoms with E-state index in [-0.39, 0.29) is 5.22 Å². The molecule has 0 unspecified atom stereocenters. The summed E-state index contributed by atoms with van der Waals surface area (Å²) < 4.78 is 5.80. The van der Waals surface area contributed by atoms with E-state index < -0.39 is 0 Å². The van der Waals surface area contributed by atoms with Crippen molar-refractivity contribution in [1.29, 1.82) is 0 Å². The third-order valence-corrected chi connectivity index (χ3v) is 2.66. The van der Waals surface area contributed by atoms with Crippen LogP contribution in [0, 0.1) is 0 Å². The van der Waals surface area contributed by atoms with Gasteiger partial charge in [-0.1, -0.05) is 11.6 Å². The molecule has 5 heteroatoms. The summed E-state index contributed by atoms with van der Waals surface area (Å²) in [4.78, 5) is 4.83. The molecule has 0 atom stereocenters. The first-order valence-corrected chi connectivity index (χ1v) is 4.70. The van der Waals surface area contributed by atoms with E-state index in [0.717, 1.165) is 4.88 Å². The second-order valence-corrected chi connectivity index (χ2v) is 4.16. The number of halogens is 2. The van der Waals surface area contributed by atoms with Crippen molar-refractivity contribution in [3.8, 4) is 10.8 Å². The van der Waals surface area contributed by atoms with Gasteiger partial charge in [0, 0.05) is 0 Å². The molecule has 0 fully saturated rings. The van der Waals surface area contributed by atoms with Crippen molar-refractivity contribution in [2.45, 2.75) is 0 Å². The minimum absolute atomic E-state index is 0.287. The molecule has 0 saturated heterocycles. The monoisotopic (exact) mass is 219 g/mol. The van der Waals surface area contributed by atoms with Gasteiger partial charge in [0.25, 0.3) is 0 Å². The predicted octanol–water partition coefficient (Wildman–Crippen LogP) is 3.71. The molecule has 0 radical (unpaired) electrons. The van der Waals surface area contributed by atoms with Gasteiger partial charge in [0.15, 0.2) is 0 Å². The van der Waals surface area contributed by atoms with Crippen LogP contribution in [-0.4, -0.2) is 4.98 Å². The van der Waals surface area contributed by atoms with E-state index in [9.17, 15) is 0 Å². The molecule has 0 bridgehead atoms. The Labute approximate surface area is 82.7 Å². The number of oxazole rings is 1. The molecule has 0 aliphatic rings. The van der Waals surface area contributed by atoms with Crippen LogP contribution in [0.2, 0.25) is 9.56 Å². The molecule has 2 heterocycles. The van der Waals surface area contributed by atoms with Gasteiger partial charge in [-0.3, -0.25) is 0 Å². The highest BCUT2D eigenvalue weighted by Crippen LogP contribution is 2.31. The van der Waals surface area contributed by atoms with Crippen molar-refractivity contribution < 1.29 is 4.42 Å². The maximum absolute atomic E-state index is 5.73. The van der Waals surface area contributed by atoms with Crippen molar-refractivity contribution in [2.24, 2.45) is 0 Å². The Kier molecular flexibility index (Phi) is 2.09. The summed E-state index contributed by atoms with van der Waals surface area (Å²) in [5, 5.41) is 0.287. The van der Waals surface area contributed by atoms with Crippen LogP contribution in [0.15, 0.2) is 22.7 Å². The topological polar surface area (TPSA) is 26.0 Å². The summed E-state index contributed by atoms with van der Waals surface area (Å²) in [5.74, 6) is 0.511. The molecule has 62 valence electrons. The lowest BCUT2D eigenvalue weighted by Gasteiger charge is -1.84. The van der Waals surface area contributed by atoms with Gasteiger partial charge in [-0.2, -0.15) is 0 Å². The van der Waals surface area contributed by atoms with E-state index in [1.54, 1.807) is 6.07 Å². The Morgan fingerprint density at radius 3 is 2.67 bits per heavy atom. The van der Waals surface area contributed by atoms with Gasteiger partial charge in [0.05, 0.1) is 15.4 Å². The fourth-order valence-corrected chi connectivity index (χ4v) is 1.90. The molecule has 2 aromatic rings. The first kappa shape index (κ1) is 8.10. The summed E-state index contributed by atoms with van der Waals surface area (Å²) in [7, 11) is 0. The van der Waals surface area contributed by atoms with Crippen LogP contribution in [0.5, 0.6) is 0 Å². The van der Waals surface area contributed by atoms with Crippen LogP contribution in [-0.2, 0) is 0 Å². The smallest absolute Gasteiger partial charge is 0.238 e. The molecule has 2 nitrogen and oxygen atoms in total. The van der Waals surface area contributed by atoms with Crippen molar-refractivity contribution in [3.05, 3.63) is 27.9 Å². The minimum atomic E-state index is 0.287. The standard InChI is InChI=1S/C7H3Cl2NOS/c8-5-3-10-7(11-5)4-1-2-6(9)12-4/h1-3H. The Morgan fingerprint density at radius 1 is 1.33 bits per heavy atom. The van der Waals surface area contributed by atoms with Crippen LogP contribution >= 0.6 is 34.5 Å². The molecule has 12 heavy (non-hydrogen) atoms. The van der Waals surface area contributed by atoms with Crippen LogP contribution in [0.4, 0.5) is 0 Å². The highest BCUT2D eigenvalue weighted by atomic mass is 35.5. The Morgan fingerprint density at radius 2 is 2.17 bits per heavy atom. The average Bonchev–Trinajstić information content (AvgIpc) is 2.58. The van der Waals surface area contributed by atoms with Gasteiger partial charge in [-0.05, 0) is 23.7 Å². The number of rotatable bonds is 1. The lowest BCUT2D eigenvalue weighted by molar-refractivity contribution is 0.578. The highest BCUT2D eigenvalue weighted by Gasteiger charge is 2.07. The molecule has 2 aromatic heterocycles. The zero-order valence-electron chi connectivity index (χ0n) is 5.75. The van der Waals surface area contributed by atoms with Gasteiger partial charge in [-0.15, -0.1) is 11.3 Å².